The Morgan fingerprint density at radius 2 is 1.96 bits per heavy atom. The van der Waals surface area contributed by atoms with E-state index in [9.17, 15) is 4.79 Å². The molecule has 1 atom stereocenters. The van der Waals surface area contributed by atoms with Gasteiger partial charge in [-0.3, -0.25) is 9.36 Å². The number of anilines is 1. The number of benzene rings is 1. The third-order valence-electron chi connectivity index (χ3n) is 4.99. The highest BCUT2D eigenvalue weighted by Crippen LogP contribution is 2.27. The predicted molar refractivity (Wildman–Crippen MR) is 107 cm³/mol. The van der Waals surface area contributed by atoms with Crippen molar-refractivity contribution in [1.82, 2.24) is 14.8 Å². The number of ether oxygens (including phenoxy) is 1. The minimum Gasteiger partial charge on any atom is -0.376 e. The van der Waals surface area contributed by atoms with E-state index in [1.165, 1.54) is 24.6 Å². The van der Waals surface area contributed by atoms with Gasteiger partial charge in [0.2, 0.25) is 5.95 Å². The average molecular weight is 407 g/mol. The highest BCUT2D eigenvalue weighted by atomic mass is 35.5. The van der Waals surface area contributed by atoms with Gasteiger partial charge < -0.3 is 9.64 Å². The molecule has 0 radical (unpaired) electrons. The van der Waals surface area contributed by atoms with Crippen molar-refractivity contribution in [2.45, 2.75) is 43.5 Å². The van der Waals surface area contributed by atoms with Crippen LogP contribution >= 0.6 is 23.4 Å². The van der Waals surface area contributed by atoms with Gasteiger partial charge in [-0.2, -0.15) is 0 Å². The molecule has 2 saturated heterocycles. The second kappa shape index (κ2) is 8.63. The van der Waals surface area contributed by atoms with Gasteiger partial charge in [0.25, 0.3) is 0 Å². The molecule has 0 N–H and O–H groups in total. The molecule has 0 saturated carbocycles. The summed E-state index contributed by atoms with van der Waals surface area (Å²) in [6.07, 6.45) is 4.73. The molecule has 1 aromatic heterocycles. The monoisotopic (exact) mass is 406 g/mol. The fourth-order valence-electron chi connectivity index (χ4n) is 3.54. The van der Waals surface area contributed by atoms with Crippen molar-refractivity contribution in [3.8, 4) is 0 Å². The first-order chi connectivity index (χ1) is 13.2. The standard InChI is InChI=1S/C19H23ClN4O2S/c20-15-7-5-14(6-8-15)17(25)13-27-19-22-21-18(23-9-1-2-10-23)24(19)12-16-4-3-11-26-16/h5-8,16H,1-4,9-13H2/t16-/m1/s1. The number of ketones is 1. The van der Waals surface area contributed by atoms with Crippen molar-refractivity contribution in [3.05, 3.63) is 34.9 Å². The van der Waals surface area contributed by atoms with Gasteiger partial charge in [0.15, 0.2) is 10.9 Å². The van der Waals surface area contributed by atoms with Crippen LogP contribution < -0.4 is 4.90 Å². The van der Waals surface area contributed by atoms with Crippen molar-refractivity contribution < 1.29 is 9.53 Å². The Kier molecular flexibility index (Phi) is 6.00. The number of thioether (sulfide) groups is 1. The zero-order valence-electron chi connectivity index (χ0n) is 15.1. The third-order valence-corrected chi connectivity index (χ3v) is 6.21. The summed E-state index contributed by atoms with van der Waals surface area (Å²) in [6, 6.07) is 7.01. The Morgan fingerprint density at radius 3 is 2.67 bits per heavy atom. The predicted octanol–water partition coefficient (Wildman–Crippen LogP) is 3.69. The highest BCUT2D eigenvalue weighted by Gasteiger charge is 2.25. The molecule has 2 fully saturated rings. The number of carbonyl (C=O) groups excluding carboxylic acids is 1. The van der Waals surface area contributed by atoms with E-state index in [0.717, 1.165) is 50.2 Å². The van der Waals surface area contributed by atoms with Crippen LogP contribution in [0.15, 0.2) is 29.4 Å². The zero-order chi connectivity index (χ0) is 18.6. The van der Waals surface area contributed by atoms with E-state index >= 15 is 0 Å². The van der Waals surface area contributed by atoms with Crippen molar-refractivity contribution >= 4 is 35.1 Å². The summed E-state index contributed by atoms with van der Waals surface area (Å²) < 4.78 is 7.96. The van der Waals surface area contributed by atoms with Gasteiger partial charge in [0.1, 0.15) is 0 Å². The van der Waals surface area contributed by atoms with Crippen molar-refractivity contribution in [2.75, 3.05) is 30.3 Å². The molecule has 27 heavy (non-hydrogen) atoms. The Balaban J connectivity index is 1.48. The first-order valence-electron chi connectivity index (χ1n) is 9.42. The van der Waals surface area contributed by atoms with E-state index in [4.69, 9.17) is 16.3 Å². The molecule has 1 aromatic carbocycles. The third kappa shape index (κ3) is 4.47. The van der Waals surface area contributed by atoms with Crippen LogP contribution in [0.4, 0.5) is 5.95 Å². The molecule has 0 amide bonds. The highest BCUT2D eigenvalue weighted by molar-refractivity contribution is 7.99. The quantitative estimate of drug-likeness (QED) is 0.516. The number of aromatic nitrogens is 3. The largest absolute Gasteiger partial charge is 0.376 e. The molecule has 4 rings (SSSR count). The lowest BCUT2D eigenvalue weighted by molar-refractivity contribution is 0.0952. The van der Waals surface area contributed by atoms with Gasteiger partial charge in [0.05, 0.1) is 18.4 Å². The summed E-state index contributed by atoms with van der Waals surface area (Å²) in [5.41, 5.74) is 0.664. The van der Waals surface area contributed by atoms with Gasteiger partial charge in [-0.25, -0.2) is 0 Å². The number of nitrogens with zero attached hydrogens (tertiary/aromatic N) is 4. The molecule has 0 spiro atoms. The summed E-state index contributed by atoms with van der Waals surface area (Å²) in [5, 5.41) is 10.2. The first kappa shape index (κ1) is 18.8. The number of rotatable bonds is 7. The molecular weight excluding hydrogens is 384 g/mol. The smallest absolute Gasteiger partial charge is 0.228 e. The molecule has 0 aliphatic carbocycles. The van der Waals surface area contributed by atoms with Crippen LogP contribution in [0.5, 0.6) is 0 Å². The Labute approximate surface area is 168 Å². The number of carbonyl (C=O) groups is 1. The van der Waals surface area contributed by atoms with Crippen molar-refractivity contribution in [2.24, 2.45) is 0 Å². The minimum absolute atomic E-state index is 0.0612. The van der Waals surface area contributed by atoms with Crippen LogP contribution in [0.2, 0.25) is 5.02 Å². The fourth-order valence-corrected chi connectivity index (χ4v) is 4.50. The first-order valence-corrected chi connectivity index (χ1v) is 10.8. The fraction of sp³-hybridized carbons (Fsp3) is 0.526. The lowest BCUT2D eigenvalue weighted by Gasteiger charge is -2.20. The summed E-state index contributed by atoms with van der Waals surface area (Å²) in [7, 11) is 0. The lowest BCUT2D eigenvalue weighted by Crippen LogP contribution is -2.25. The second-order valence-electron chi connectivity index (χ2n) is 6.94. The van der Waals surface area contributed by atoms with E-state index in [2.05, 4.69) is 19.7 Å². The maximum absolute atomic E-state index is 12.5. The molecule has 144 valence electrons. The maximum atomic E-state index is 12.5. The molecule has 6 nitrogen and oxygen atoms in total. The number of Topliss-reactive ketones (excluding diaryl/α,β-unsaturated/α-hetero) is 1. The van der Waals surface area contributed by atoms with Crippen LogP contribution in [0.1, 0.15) is 36.0 Å². The lowest BCUT2D eigenvalue weighted by atomic mass is 10.1. The molecule has 0 unspecified atom stereocenters. The van der Waals surface area contributed by atoms with Crippen LogP contribution in [-0.4, -0.2) is 52.1 Å². The van der Waals surface area contributed by atoms with Gasteiger partial charge >= 0.3 is 0 Å². The van der Waals surface area contributed by atoms with Crippen molar-refractivity contribution in [3.63, 3.8) is 0 Å². The van der Waals surface area contributed by atoms with Gasteiger partial charge in [0, 0.05) is 30.3 Å². The number of halogens is 1. The molecule has 2 aromatic rings. The summed E-state index contributed by atoms with van der Waals surface area (Å²) in [5.74, 6) is 1.29. The summed E-state index contributed by atoms with van der Waals surface area (Å²) in [4.78, 5) is 14.8. The molecule has 8 heteroatoms. The van der Waals surface area contributed by atoms with E-state index in [-0.39, 0.29) is 11.9 Å². The van der Waals surface area contributed by atoms with E-state index in [0.29, 0.717) is 16.3 Å². The number of hydrogen-bond acceptors (Lipinski definition) is 6. The zero-order valence-corrected chi connectivity index (χ0v) is 16.7. The SMILES string of the molecule is O=C(CSc1nnc(N2CCCC2)n1C[C@H]1CCCO1)c1ccc(Cl)cc1. The maximum Gasteiger partial charge on any atom is 0.228 e. The molecule has 0 bridgehead atoms. The van der Waals surface area contributed by atoms with Gasteiger partial charge in [-0.15, -0.1) is 10.2 Å². The molecule has 2 aliphatic heterocycles. The molecule has 2 aliphatic rings. The van der Waals surface area contributed by atoms with Gasteiger partial charge in [-0.05, 0) is 49.9 Å². The van der Waals surface area contributed by atoms with Crippen LogP contribution in [0.25, 0.3) is 0 Å². The Morgan fingerprint density at radius 1 is 1.19 bits per heavy atom. The average Bonchev–Trinajstić information content (AvgIpc) is 3.43. The van der Waals surface area contributed by atoms with E-state index in [1.54, 1.807) is 24.3 Å². The summed E-state index contributed by atoms with van der Waals surface area (Å²) in [6.45, 7) is 3.59. The summed E-state index contributed by atoms with van der Waals surface area (Å²) >= 11 is 7.34. The normalized spacial score (nSPS) is 19.7. The van der Waals surface area contributed by atoms with Crippen LogP contribution in [0.3, 0.4) is 0 Å². The van der Waals surface area contributed by atoms with Crippen LogP contribution in [-0.2, 0) is 11.3 Å². The molecule has 3 heterocycles. The van der Waals surface area contributed by atoms with E-state index in [1.807, 2.05) is 0 Å². The number of hydrogen-bond donors (Lipinski definition) is 0. The topological polar surface area (TPSA) is 60.2 Å². The Bertz CT molecular complexity index is 784. The van der Waals surface area contributed by atoms with E-state index < -0.39 is 0 Å². The van der Waals surface area contributed by atoms with Crippen LogP contribution in [0, 0.1) is 0 Å². The van der Waals surface area contributed by atoms with Crippen molar-refractivity contribution in [1.29, 1.82) is 0 Å². The van der Waals surface area contributed by atoms with Gasteiger partial charge in [-0.1, -0.05) is 23.4 Å². The molecular formula is C19H23ClN4O2S. The Hall–Kier alpha value is -1.57. The second-order valence-corrected chi connectivity index (χ2v) is 8.32. The minimum atomic E-state index is 0.0612.